The number of hydrogen-bond acceptors (Lipinski definition) is 7. The fourth-order valence-corrected chi connectivity index (χ4v) is 3.17. The smallest absolute Gasteiger partial charge is 0.258 e. The molecule has 0 bridgehead atoms. The third-order valence-electron chi connectivity index (χ3n) is 4.44. The van der Waals surface area contributed by atoms with Gasteiger partial charge >= 0.3 is 0 Å². The highest BCUT2D eigenvalue weighted by Crippen LogP contribution is 2.43. The van der Waals surface area contributed by atoms with Gasteiger partial charge in [0.2, 0.25) is 5.75 Å². The van der Waals surface area contributed by atoms with E-state index in [1.165, 1.54) is 0 Å². The van der Waals surface area contributed by atoms with E-state index in [-0.39, 0.29) is 0 Å². The Morgan fingerprint density at radius 2 is 1.96 bits per heavy atom. The normalized spacial score (nSPS) is 18.9. The molecular weight excluding hydrogens is 298 g/mol. The van der Waals surface area contributed by atoms with Gasteiger partial charge in [-0.3, -0.25) is 0 Å². The number of rotatable bonds is 3. The number of benzene rings is 1. The van der Waals surface area contributed by atoms with Crippen LogP contribution in [-0.2, 0) is 5.54 Å². The van der Waals surface area contributed by atoms with Gasteiger partial charge in [0.1, 0.15) is 13.2 Å². The Hall–Kier alpha value is -2.28. The highest BCUT2D eigenvalue weighted by Gasteiger charge is 2.36. The van der Waals surface area contributed by atoms with Crippen LogP contribution in [0.2, 0.25) is 0 Å². The lowest BCUT2D eigenvalue weighted by atomic mass is 9.99. The molecular formula is C16H19N3O4. The van der Waals surface area contributed by atoms with Crippen molar-refractivity contribution in [3.63, 3.8) is 0 Å². The zero-order valence-electron chi connectivity index (χ0n) is 13.0. The first-order valence-corrected chi connectivity index (χ1v) is 7.81. The number of methoxy groups -OCH3 is 1. The van der Waals surface area contributed by atoms with E-state index in [9.17, 15) is 0 Å². The molecule has 1 aliphatic heterocycles. The maximum atomic E-state index is 6.38. The lowest BCUT2D eigenvalue weighted by Gasteiger charge is -2.20. The van der Waals surface area contributed by atoms with Gasteiger partial charge in [0.05, 0.1) is 12.6 Å². The molecule has 0 radical (unpaired) electrons. The number of nitrogens with zero attached hydrogens (tertiary/aromatic N) is 2. The lowest BCUT2D eigenvalue weighted by molar-refractivity contribution is 0.165. The van der Waals surface area contributed by atoms with Crippen molar-refractivity contribution in [2.45, 2.75) is 31.2 Å². The van der Waals surface area contributed by atoms with Crippen molar-refractivity contribution in [2.75, 3.05) is 20.3 Å². The van der Waals surface area contributed by atoms with E-state index in [2.05, 4.69) is 10.1 Å². The minimum absolute atomic E-state index is 0.409. The average molecular weight is 317 g/mol. The summed E-state index contributed by atoms with van der Waals surface area (Å²) in [6, 6.07) is 3.63. The van der Waals surface area contributed by atoms with Gasteiger partial charge in [0.15, 0.2) is 17.3 Å². The molecule has 2 heterocycles. The number of hydrogen-bond donors (Lipinski definition) is 1. The average Bonchev–Trinajstić information content (AvgIpc) is 3.24. The summed E-state index contributed by atoms with van der Waals surface area (Å²) in [5, 5.41) is 4.09. The van der Waals surface area contributed by atoms with Crippen LogP contribution in [0.15, 0.2) is 16.7 Å². The van der Waals surface area contributed by atoms with E-state index in [0.717, 1.165) is 31.2 Å². The van der Waals surface area contributed by atoms with Crippen molar-refractivity contribution < 1.29 is 18.7 Å². The van der Waals surface area contributed by atoms with Gasteiger partial charge in [-0.2, -0.15) is 4.98 Å². The number of fused-ring (bicyclic) bond motifs is 1. The van der Waals surface area contributed by atoms with Crippen LogP contribution >= 0.6 is 0 Å². The predicted molar refractivity (Wildman–Crippen MR) is 81.6 cm³/mol. The molecule has 122 valence electrons. The quantitative estimate of drug-likeness (QED) is 0.928. The second-order valence-electron chi connectivity index (χ2n) is 5.99. The van der Waals surface area contributed by atoms with Gasteiger partial charge in [-0.25, -0.2) is 0 Å². The molecule has 23 heavy (non-hydrogen) atoms. The summed E-state index contributed by atoms with van der Waals surface area (Å²) in [6.45, 7) is 1.00. The van der Waals surface area contributed by atoms with Crippen LogP contribution in [0.3, 0.4) is 0 Å². The summed E-state index contributed by atoms with van der Waals surface area (Å²) < 4.78 is 22.0. The standard InChI is InChI=1S/C16H19N3O4/c1-20-11-8-10(9-12-13(11)22-7-6-21-12)14-18-15(19-23-14)16(17)4-2-3-5-16/h8-9H,2-7,17H2,1H3. The molecule has 2 N–H and O–H groups in total. The van der Waals surface area contributed by atoms with E-state index < -0.39 is 5.54 Å². The van der Waals surface area contributed by atoms with Crippen molar-refractivity contribution in [3.05, 3.63) is 18.0 Å². The Balaban J connectivity index is 1.72. The van der Waals surface area contributed by atoms with Gasteiger partial charge in [-0.1, -0.05) is 18.0 Å². The first-order valence-electron chi connectivity index (χ1n) is 7.81. The first kappa shape index (κ1) is 14.3. The highest BCUT2D eigenvalue weighted by atomic mass is 16.6. The molecule has 2 aromatic rings. The van der Waals surface area contributed by atoms with Gasteiger partial charge in [0, 0.05) is 5.56 Å². The van der Waals surface area contributed by atoms with Gasteiger partial charge < -0.3 is 24.5 Å². The van der Waals surface area contributed by atoms with Crippen LogP contribution < -0.4 is 19.9 Å². The SMILES string of the molecule is COc1cc(-c2nc(C3(N)CCCC3)no2)cc2c1OCCO2. The predicted octanol–water partition coefficient (Wildman–Crippen LogP) is 2.24. The summed E-state index contributed by atoms with van der Waals surface area (Å²) in [5.74, 6) is 2.79. The molecule has 2 aliphatic rings. The van der Waals surface area contributed by atoms with Gasteiger partial charge in [0.25, 0.3) is 5.89 Å². The van der Waals surface area contributed by atoms with Crippen molar-refractivity contribution >= 4 is 0 Å². The van der Waals surface area contributed by atoms with E-state index in [1.54, 1.807) is 7.11 Å². The van der Waals surface area contributed by atoms with E-state index >= 15 is 0 Å². The molecule has 1 aromatic heterocycles. The molecule has 4 rings (SSSR count). The van der Waals surface area contributed by atoms with Gasteiger partial charge in [-0.05, 0) is 25.0 Å². The molecule has 0 amide bonds. The van der Waals surface area contributed by atoms with Crippen LogP contribution in [0.4, 0.5) is 0 Å². The molecule has 0 spiro atoms. The molecule has 1 fully saturated rings. The molecule has 1 saturated carbocycles. The largest absolute Gasteiger partial charge is 0.493 e. The molecule has 7 nitrogen and oxygen atoms in total. The lowest BCUT2D eigenvalue weighted by Crippen LogP contribution is -2.34. The minimum Gasteiger partial charge on any atom is -0.493 e. The molecule has 1 aromatic carbocycles. The molecule has 0 atom stereocenters. The first-order chi connectivity index (χ1) is 11.2. The third kappa shape index (κ3) is 2.41. The second kappa shape index (κ2) is 5.42. The Kier molecular flexibility index (Phi) is 3.37. The van der Waals surface area contributed by atoms with Crippen molar-refractivity contribution in [1.29, 1.82) is 0 Å². The molecule has 0 unspecified atom stereocenters. The van der Waals surface area contributed by atoms with E-state index in [1.807, 2.05) is 12.1 Å². The fourth-order valence-electron chi connectivity index (χ4n) is 3.17. The topological polar surface area (TPSA) is 92.6 Å². The van der Waals surface area contributed by atoms with E-state index in [4.69, 9.17) is 24.5 Å². The molecule has 0 saturated heterocycles. The zero-order valence-corrected chi connectivity index (χ0v) is 13.0. The second-order valence-corrected chi connectivity index (χ2v) is 5.99. The summed E-state index contributed by atoms with van der Waals surface area (Å²) in [4.78, 5) is 4.50. The van der Waals surface area contributed by atoms with Crippen LogP contribution in [0, 0.1) is 0 Å². The van der Waals surface area contributed by atoms with Crippen molar-refractivity contribution in [3.8, 4) is 28.7 Å². The van der Waals surface area contributed by atoms with Crippen LogP contribution in [-0.4, -0.2) is 30.5 Å². The van der Waals surface area contributed by atoms with Crippen molar-refractivity contribution in [1.82, 2.24) is 10.1 Å². The zero-order chi connectivity index (χ0) is 15.9. The molecule has 7 heteroatoms. The molecule has 1 aliphatic carbocycles. The van der Waals surface area contributed by atoms with Crippen LogP contribution in [0.1, 0.15) is 31.5 Å². The fraction of sp³-hybridized carbons (Fsp3) is 0.500. The van der Waals surface area contributed by atoms with Crippen LogP contribution in [0.25, 0.3) is 11.5 Å². The maximum absolute atomic E-state index is 6.38. The monoisotopic (exact) mass is 317 g/mol. The van der Waals surface area contributed by atoms with Crippen molar-refractivity contribution in [2.24, 2.45) is 5.73 Å². The minimum atomic E-state index is -0.473. The van der Waals surface area contributed by atoms with E-state index in [0.29, 0.717) is 42.2 Å². The highest BCUT2D eigenvalue weighted by molar-refractivity contribution is 5.66. The van der Waals surface area contributed by atoms with Gasteiger partial charge in [-0.15, -0.1) is 0 Å². The summed E-state index contributed by atoms with van der Waals surface area (Å²) in [6.07, 6.45) is 3.96. The van der Waals surface area contributed by atoms with Crippen LogP contribution in [0.5, 0.6) is 17.2 Å². The Morgan fingerprint density at radius 1 is 1.17 bits per heavy atom. The summed E-state index contributed by atoms with van der Waals surface area (Å²) in [5.41, 5.74) is 6.64. The summed E-state index contributed by atoms with van der Waals surface area (Å²) in [7, 11) is 1.59. The Labute approximate surface area is 133 Å². The Bertz CT molecular complexity index is 705. The number of aromatic nitrogens is 2. The Morgan fingerprint density at radius 3 is 2.74 bits per heavy atom. The maximum Gasteiger partial charge on any atom is 0.258 e. The number of ether oxygens (including phenoxy) is 3. The third-order valence-corrected chi connectivity index (χ3v) is 4.44. The number of nitrogens with two attached hydrogens (primary N) is 1. The summed E-state index contributed by atoms with van der Waals surface area (Å²) >= 11 is 0.